The monoisotopic (exact) mass is 650 g/mol. The zero-order chi connectivity index (χ0) is 33.3. The van der Waals surface area contributed by atoms with Crippen molar-refractivity contribution in [1.29, 1.82) is 0 Å². The van der Waals surface area contributed by atoms with Gasteiger partial charge in [0.25, 0.3) is 5.91 Å². The minimum absolute atomic E-state index is 0.0585. The van der Waals surface area contributed by atoms with E-state index in [1.165, 1.54) is 53.1 Å². The summed E-state index contributed by atoms with van der Waals surface area (Å²) in [5.74, 6) is -1.65. The van der Waals surface area contributed by atoms with Gasteiger partial charge in [0.1, 0.15) is 12.5 Å². The average Bonchev–Trinajstić information content (AvgIpc) is 3.31. The first-order valence-corrected chi connectivity index (χ1v) is 14.8. The summed E-state index contributed by atoms with van der Waals surface area (Å²) in [6.45, 7) is -1.50. The molecule has 3 aromatic carbocycles. The topological polar surface area (TPSA) is 138 Å². The summed E-state index contributed by atoms with van der Waals surface area (Å²) in [5, 5.41) is 42.9. The summed E-state index contributed by atoms with van der Waals surface area (Å²) >= 11 is -2.25. The molecular formula is C29H29B2F5N2O6S. The maximum atomic E-state index is 13.6. The van der Waals surface area contributed by atoms with E-state index in [0.29, 0.717) is 28.2 Å². The molecule has 0 aliphatic heterocycles. The number of nitrogens with one attached hydrogen (secondary N) is 1. The van der Waals surface area contributed by atoms with Crippen LogP contribution in [0.25, 0.3) is 10.9 Å². The molecule has 4 aromatic rings. The van der Waals surface area contributed by atoms with Gasteiger partial charge in [-0.2, -0.15) is 13.2 Å². The third-order valence-electron chi connectivity index (χ3n) is 7.53. The highest BCUT2D eigenvalue weighted by Crippen LogP contribution is 2.35. The van der Waals surface area contributed by atoms with E-state index in [4.69, 9.17) is 0 Å². The number of benzene rings is 3. The summed E-state index contributed by atoms with van der Waals surface area (Å²) in [5.41, 5.74) is -2.67. The standard InChI is InChI=1S/C29H29B2F5N2O6S/c30-28(41,42)29(31,43)45(44)22-6-2-16(3-7-22)24(15-39)37-26(40)18-4-8-25-19(11-18)13-21(38(25)10-9-32)12-17-1-5-20(33)14-23(17)27(34,35)36/h1-8,11,13-14,24,39,41-43H,9-10,12,15,30-31H2,(H,37,40)/t24-,29?,45?/m1/s1. The van der Waals surface area contributed by atoms with Crippen LogP contribution < -0.4 is 5.32 Å². The molecule has 16 heteroatoms. The van der Waals surface area contributed by atoms with Gasteiger partial charge in [0.2, 0.25) is 12.7 Å². The van der Waals surface area contributed by atoms with Crippen LogP contribution in [0.5, 0.6) is 0 Å². The van der Waals surface area contributed by atoms with E-state index in [0.717, 1.165) is 27.8 Å². The van der Waals surface area contributed by atoms with E-state index in [9.17, 15) is 51.7 Å². The molecule has 8 nitrogen and oxygen atoms in total. The number of aromatic nitrogens is 1. The Balaban J connectivity index is 1.58. The van der Waals surface area contributed by atoms with Gasteiger partial charge in [0.15, 0.2) is 18.4 Å². The number of amides is 1. The summed E-state index contributed by atoms with van der Waals surface area (Å²) in [6, 6.07) is 13.0. The van der Waals surface area contributed by atoms with E-state index in [1.807, 2.05) is 0 Å². The fraction of sp³-hybridized carbons (Fsp3) is 0.276. The van der Waals surface area contributed by atoms with Gasteiger partial charge in [-0.15, -0.1) is 0 Å². The Morgan fingerprint density at radius 1 is 1.00 bits per heavy atom. The highest BCUT2D eigenvalue weighted by molar-refractivity contribution is 7.94. The van der Waals surface area contributed by atoms with Crippen molar-refractivity contribution >= 4 is 43.7 Å². The Morgan fingerprint density at radius 3 is 2.24 bits per heavy atom. The van der Waals surface area contributed by atoms with Crippen LogP contribution in [0.2, 0.25) is 0 Å². The Labute approximate surface area is 259 Å². The van der Waals surface area contributed by atoms with Crippen LogP contribution in [0, 0.1) is 5.82 Å². The van der Waals surface area contributed by atoms with Crippen molar-refractivity contribution in [3.63, 3.8) is 0 Å². The number of hydrogen-bond donors (Lipinski definition) is 5. The van der Waals surface area contributed by atoms with Crippen LogP contribution in [-0.2, 0) is 30.3 Å². The van der Waals surface area contributed by atoms with Crippen molar-refractivity contribution < 1.29 is 51.7 Å². The summed E-state index contributed by atoms with van der Waals surface area (Å²) in [4.78, 5) is 10.8. The predicted molar refractivity (Wildman–Crippen MR) is 161 cm³/mol. The molecule has 0 bridgehead atoms. The average molecular weight is 650 g/mol. The molecule has 0 fully saturated rings. The fourth-order valence-electron chi connectivity index (χ4n) is 4.83. The van der Waals surface area contributed by atoms with Gasteiger partial charge in [0, 0.05) is 39.8 Å². The van der Waals surface area contributed by atoms with Crippen LogP contribution in [0.1, 0.15) is 38.8 Å². The number of hydrogen-bond acceptors (Lipinski definition) is 6. The highest BCUT2D eigenvalue weighted by Gasteiger charge is 2.50. The number of carbonyl (C=O) groups excluding carboxylic acids is 1. The predicted octanol–water partition coefficient (Wildman–Crippen LogP) is 1.48. The van der Waals surface area contributed by atoms with Crippen molar-refractivity contribution in [2.75, 3.05) is 13.3 Å². The largest absolute Gasteiger partial charge is 0.610 e. The van der Waals surface area contributed by atoms with Crippen LogP contribution >= 0.6 is 0 Å². The lowest BCUT2D eigenvalue weighted by Crippen LogP contribution is -2.60. The zero-order valence-electron chi connectivity index (χ0n) is 24.1. The summed E-state index contributed by atoms with van der Waals surface area (Å²) in [6.07, 6.45) is -5.08. The maximum Gasteiger partial charge on any atom is 0.416 e. The highest BCUT2D eigenvalue weighted by atomic mass is 32.2. The Hall–Kier alpha value is -3.40. The molecule has 2 unspecified atom stereocenters. The molecule has 1 heterocycles. The Morgan fingerprint density at radius 2 is 1.67 bits per heavy atom. The number of carbonyl (C=O) groups is 1. The first-order chi connectivity index (χ1) is 21.0. The van der Waals surface area contributed by atoms with Crippen molar-refractivity contribution in [2.24, 2.45) is 0 Å². The molecule has 0 radical (unpaired) electrons. The lowest BCUT2D eigenvalue weighted by atomic mass is 9.78. The fourth-order valence-corrected chi connectivity index (χ4v) is 6.02. The van der Waals surface area contributed by atoms with Crippen molar-refractivity contribution in [1.82, 2.24) is 9.88 Å². The molecule has 3 atom stereocenters. The lowest BCUT2D eigenvalue weighted by Gasteiger charge is -2.35. The second kappa shape index (κ2) is 13.1. The second-order valence-electron chi connectivity index (χ2n) is 10.8. The van der Waals surface area contributed by atoms with Crippen LogP contribution in [0.15, 0.2) is 71.6 Å². The van der Waals surface area contributed by atoms with Gasteiger partial charge in [0.05, 0.1) is 24.8 Å². The van der Waals surface area contributed by atoms with Crippen LogP contribution in [0.3, 0.4) is 0 Å². The number of halogens is 5. The molecule has 1 aromatic heterocycles. The smallest absolute Gasteiger partial charge is 0.416 e. The van der Waals surface area contributed by atoms with Gasteiger partial charge in [-0.25, -0.2) is 8.78 Å². The number of alkyl halides is 4. The van der Waals surface area contributed by atoms with E-state index in [1.54, 1.807) is 0 Å². The molecular weight excluding hydrogens is 621 g/mol. The first kappa shape index (κ1) is 34.5. The third kappa shape index (κ3) is 7.37. The van der Waals surface area contributed by atoms with Crippen molar-refractivity contribution in [3.8, 4) is 0 Å². The molecule has 4 rings (SSSR count). The molecule has 0 aliphatic carbocycles. The third-order valence-corrected chi connectivity index (χ3v) is 9.34. The molecule has 0 aliphatic rings. The number of aliphatic hydroxyl groups is 4. The minimum Gasteiger partial charge on any atom is -0.610 e. The quantitative estimate of drug-likeness (QED) is 0.0723. The first-order valence-electron chi connectivity index (χ1n) is 13.6. The number of rotatable bonds is 11. The lowest BCUT2D eigenvalue weighted by molar-refractivity contribution is -0.149. The molecule has 238 valence electrons. The van der Waals surface area contributed by atoms with Gasteiger partial charge >= 0.3 is 6.18 Å². The zero-order valence-corrected chi connectivity index (χ0v) is 24.9. The number of fused-ring (bicyclic) bond motifs is 1. The van der Waals surface area contributed by atoms with Gasteiger partial charge in [-0.3, -0.25) is 4.79 Å². The van der Waals surface area contributed by atoms with Crippen molar-refractivity contribution in [3.05, 3.63) is 100 Å². The molecule has 0 spiro atoms. The second-order valence-corrected chi connectivity index (χ2v) is 12.6. The Kier molecular flexibility index (Phi) is 10.1. The van der Waals surface area contributed by atoms with E-state index in [-0.39, 0.29) is 29.0 Å². The molecule has 45 heavy (non-hydrogen) atoms. The number of aryl methyl sites for hydroxylation is 1. The normalized spacial score (nSPS) is 15.1. The summed E-state index contributed by atoms with van der Waals surface area (Å²) < 4.78 is 82.1. The molecule has 0 saturated heterocycles. The Bertz CT molecular complexity index is 1680. The molecule has 5 N–H and O–H groups in total. The van der Waals surface area contributed by atoms with Crippen LogP contribution in [-0.4, -0.2) is 74.9 Å². The number of nitrogens with zero attached hydrogens (tertiary/aromatic N) is 1. The van der Waals surface area contributed by atoms with Crippen molar-refractivity contribution in [2.45, 2.75) is 40.6 Å². The maximum absolute atomic E-state index is 13.6. The van der Waals surface area contributed by atoms with Gasteiger partial charge in [-0.1, -0.05) is 18.2 Å². The molecule has 0 saturated carbocycles. The van der Waals surface area contributed by atoms with E-state index < -0.39 is 64.5 Å². The minimum atomic E-state index is -4.81. The van der Waals surface area contributed by atoms with Gasteiger partial charge < -0.3 is 34.9 Å². The van der Waals surface area contributed by atoms with E-state index in [2.05, 4.69) is 5.32 Å². The summed E-state index contributed by atoms with van der Waals surface area (Å²) in [7, 11) is 1.89. The van der Waals surface area contributed by atoms with E-state index >= 15 is 0 Å². The number of aliphatic hydroxyl groups excluding tert-OH is 1. The van der Waals surface area contributed by atoms with Crippen LogP contribution in [0.4, 0.5) is 22.0 Å². The van der Waals surface area contributed by atoms with Gasteiger partial charge in [-0.05, 0) is 59.7 Å². The molecule has 1 amide bonds. The SMILES string of the molecule is BC(O)(O)C(B)(O)[S+]([O-])c1ccc([C@@H](CO)NC(=O)c2ccc3c(c2)cc(Cc2ccc(F)cc2C(F)(F)F)n3CCF)cc1.